The number of carbonyl (C=O) groups excluding carboxylic acids is 2. The van der Waals surface area contributed by atoms with Crippen LogP contribution in [0.25, 0.3) is 0 Å². The second-order valence-corrected chi connectivity index (χ2v) is 7.50. The quantitative estimate of drug-likeness (QED) is 0.680. The van der Waals surface area contributed by atoms with Crippen molar-refractivity contribution in [1.82, 2.24) is 14.7 Å². The number of piperidine rings is 1. The van der Waals surface area contributed by atoms with Gasteiger partial charge in [-0.25, -0.2) is 0 Å². The molecule has 5 nitrogen and oxygen atoms in total. The van der Waals surface area contributed by atoms with Gasteiger partial charge in [-0.15, -0.1) is 0 Å². The molecule has 0 radical (unpaired) electrons. The first-order valence-corrected chi connectivity index (χ1v) is 9.79. The number of rotatable bonds is 8. The molecule has 2 rings (SSSR count). The summed E-state index contributed by atoms with van der Waals surface area (Å²) < 4.78 is 0. The molecule has 0 aromatic carbocycles. The molecule has 1 amide bonds. The molecule has 24 heavy (non-hydrogen) atoms. The van der Waals surface area contributed by atoms with Gasteiger partial charge in [0.05, 0.1) is 0 Å². The summed E-state index contributed by atoms with van der Waals surface area (Å²) in [5.41, 5.74) is 0. The third kappa shape index (κ3) is 6.52. The third-order valence-electron chi connectivity index (χ3n) is 5.66. The predicted molar refractivity (Wildman–Crippen MR) is 97.0 cm³/mol. The van der Waals surface area contributed by atoms with Crippen LogP contribution in [0.15, 0.2) is 0 Å². The lowest BCUT2D eigenvalue weighted by Crippen LogP contribution is -2.45. The van der Waals surface area contributed by atoms with Gasteiger partial charge in [0.15, 0.2) is 0 Å². The minimum Gasteiger partial charge on any atom is -0.343 e. The number of carbonyl (C=O) groups is 2. The van der Waals surface area contributed by atoms with Crippen LogP contribution in [0.1, 0.15) is 51.9 Å². The Morgan fingerprint density at radius 1 is 0.958 bits per heavy atom. The molecule has 0 aliphatic carbocycles. The predicted octanol–water partition coefficient (Wildman–Crippen LogP) is 2.01. The second kappa shape index (κ2) is 10.1. The molecule has 0 bridgehead atoms. The van der Waals surface area contributed by atoms with Crippen molar-refractivity contribution in [2.75, 3.05) is 52.9 Å². The topological polar surface area (TPSA) is 43.9 Å². The molecule has 2 saturated heterocycles. The minimum absolute atomic E-state index is 0.247. The van der Waals surface area contributed by atoms with Crippen molar-refractivity contribution < 1.29 is 9.59 Å². The van der Waals surface area contributed by atoms with Crippen LogP contribution in [0.3, 0.4) is 0 Å². The van der Waals surface area contributed by atoms with E-state index < -0.39 is 0 Å². The Morgan fingerprint density at radius 2 is 1.62 bits per heavy atom. The highest BCUT2D eigenvalue weighted by Gasteiger charge is 2.23. The maximum atomic E-state index is 12.2. The number of ketones is 1. The molecule has 5 heteroatoms. The summed E-state index contributed by atoms with van der Waals surface area (Å²) in [7, 11) is 2.20. The van der Waals surface area contributed by atoms with Gasteiger partial charge in [-0.2, -0.15) is 0 Å². The zero-order valence-corrected chi connectivity index (χ0v) is 15.6. The third-order valence-corrected chi connectivity index (χ3v) is 5.66. The van der Waals surface area contributed by atoms with Crippen LogP contribution >= 0.6 is 0 Å². The largest absolute Gasteiger partial charge is 0.343 e. The van der Waals surface area contributed by atoms with E-state index in [9.17, 15) is 9.59 Å². The van der Waals surface area contributed by atoms with Crippen molar-refractivity contribution >= 4 is 11.7 Å². The molecule has 0 N–H and O–H groups in total. The molecular formula is C19H35N3O2. The van der Waals surface area contributed by atoms with Gasteiger partial charge >= 0.3 is 0 Å². The average molecular weight is 338 g/mol. The second-order valence-electron chi connectivity index (χ2n) is 7.50. The molecule has 0 atom stereocenters. The van der Waals surface area contributed by atoms with E-state index in [0.29, 0.717) is 19.3 Å². The van der Waals surface area contributed by atoms with Gasteiger partial charge in [-0.3, -0.25) is 9.59 Å². The van der Waals surface area contributed by atoms with Crippen LogP contribution in [-0.2, 0) is 9.59 Å². The number of likely N-dealkylation sites (tertiary alicyclic amines) is 1. The van der Waals surface area contributed by atoms with Gasteiger partial charge in [0, 0.05) is 58.5 Å². The zero-order chi connectivity index (χ0) is 17.4. The Labute approximate surface area is 147 Å². The molecule has 0 aromatic rings. The summed E-state index contributed by atoms with van der Waals surface area (Å²) in [5.74, 6) is 1.29. The Kier molecular flexibility index (Phi) is 8.19. The number of hydrogen-bond donors (Lipinski definition) is 0. The lowest BCUT2D eigenvalue weighted by Gasteiger charge is -2.35. The monoisotopic (exact) mass is 337 g/mol. The van der Waals surface area contributed by atoms with Gasteiger partial charge in [0.25, 0.3) is 0 Å². The molecule has 138 valence electrons. The maximum absolute atomic E-state index is 12.2. The Bertz CT molecular complexity index is 397. The van der Waals surface area contributed by atoms with E-state index in [1.54, 1.807) is 0 Å². The average Bonchev–Trinajstić information content (AvgIpc) is 2.61. The summed E-state index contributed by atoms with van der Waals surface area (Å²) in [6, 6.07) is 0. The first-order chi connectivity index (χ1) is 11.6. The molecule has 0 spiro atoms. The van der Waals surface area contributed by atoms with Gasteiger partial charge in [0.1, 0.15) is 5.78 Å². The summed E-state index contributed by atoms with van der Waals surface area (Å²) in [4.78, 5) is 30.5. The van der Waals surface area contributed by atoms with E-state index in [0.717, 1.165) is 38.3 Å². The Hall–Kier alpha value is -0.940. The van der Waals surface area contributed by atoms with Crippen molar-refractivity contribution in [3.8, 4) is 0 Å². The van der Waals surface area contributed by atoms with Crippen molar-refractivity contribution in [3.05, 3.63) is 0 Å². The first-order valence-electron chi connectivity index (χ1n) is 9.79. The van der Waals surface area contributed by atoms with Crippen molar-refractivity contribution in [2.45, 2.75) is 51.9 Å². The summed E-state index contributed by atoms with van der Waals surface area (Å²) in [6.45, 7) is 9.69. The van der Waals surface area contributed by atoms with Gasteiger partial charge in [-0.1, -0.05) is 6.92 Å². The summed E-state index contributed by atoms with van der Waals surface area (Å²) in [6.07, 6.45) is 5.97. The van der Waals surface area contributed by atoms with E-state index in [1.807, 2.05) is 11.8 Å². The van der Waals surface area contributed by atoms with Crippen LogP contribution in [0.4, 0.5) is 0 Å². The highest BCUT2D eigenvalue weighted by atomic mass is 16.2. The van der Waals surface area contributed by atoms with Gasteiger partial charge < -0.3 is 14.7 Å². The number of hydrogen-bond acceptors (Lipinski definition) is 4. The molecule has 0 saturated carbocycles. The summed E-state index contributed by atoms with van der Waals surface area (Å²) in [5, 5.41) is 0. The minimum atomic E-state index is 0.247. The lowest BCUT2D eigenvalue weighted by molar-refractivity contribution is -0.132. The fourth-order valence-electron chi connectivity index (χ4n) is 3.68. The van der Waals surface area contributed by atoms with Crippen LogP contribution < -0.4 is 0 Å². The fraction of sp³-hybridized carbons (Fsp3) is 0.895. The van der Waals surface area contributed by atoms with Crippen LogP contribution in [0, 0.1) is 5.92 Å². The van der Waals surface area contributed by atoms with E-state index in [1.165, 1.54) is 39.1 Å². The van der Waals surface area contributed by atoms with Crippen LogP contribution in [-0.4, -0.2) is 79.3 Å². The van der Waals surface area contributed by atoms with E-state index in [-0.39, 0.29) is 11.7 Å². The number of likely N-dealkylation sites (N-methyl/N-ethyl adjacent to an activating group) is 1. The number of nitrogens with zero attached hydrogens (tertiary/aromatic N) is 3. The molecule has 2 aliphatic rings. The highest BCUT2D eigenvalue weighted by molar-refractivity contribution is 5.80. The van der Waals surface area contributed by atoms with Gasteiger partial charge in [0.2, 0.25) is 5.91 Å². The molecule has 2 heterocycles. The van der Waals surface area contributed by atoms with E-state index in [2.05, 4.69) is 16.8 Å². The van der Waals surface area contributed by atoms with E-state index in [4.69, 9.17) is 0 Å². The van der Waals surface area contributed by atoms with Crippen molar-refractivity contribution in [2.24, 2.45) is 5.92 Å². The van der Waals surface area contributed by atoms with Crippen molar-refractivity contribution in [3.63, 3.8) is 0 Å². The van der Waals surface area contributed by atoms with Gasteiger partial charge in [-0.05, 0) is 45.2 Å². The lowest BCUT2D eigenvalue weighted by atomic mass is 9.93. The maximum Gasteiger partial charge on any atom is 0.222 e. The van der Waals surface area contributed by atoms with Crippen LogP contribution in [0.5, 0.6) is 0 Å². The SMILES string of the molecule is CCC(=O)CCCC(=O)N1CCC(CCN2CCN(C)CC2)CC1. The number of amides is 1. The normalized spacial score (nSPS) is 21.2. The molecular weight excluding hydrogens is 302 g/mol. The summed E-state index contributed by atoms with van der Waals surface area (Å²) >= 11 is 0. The molecule has 2 aliphatic heterocycles. The smallest absolute Gasteiger partial charge is 0.222 e. The molecule has 2 fully saturated rings. The molecule has 0 aromatic heterocycles. The highest BCUT2D eigenvalue weighted by Crippen LogP contribution is 2.22. The first kappa shape index (κ1) is 19.4. The Morgan fingerprint density at radius 3 is 2.25 bits per heavy atom. The molecule has 0 unspecified atom stereocenters. The number of Topliss-reactive ketones (excluding diaryl/α,β-unsaturated/α-hetero) is 1. The van der Waals surface area contributed by atoms with Crippen molar-refractivity contribution in [1.29, 1.82) is 0 Å². The van der Waals surface area contributed by atoms with Crippen LogP contribution in [0.2, 0.25) is 0 Å². The number of piperazine rings is 1. The Balaban J connectivity index is 1.57. The zero-order valence-electron chi connectivity index (χ0n) is 15.6. The van der Waals surface area contributed by atoms with E-state index >= 15 is 0 Å². The fourth-order valence-corrected chi connectivity index (χ4v) is 3.68. The standard InChI is InChI=1S/C19H35N3O2/c1-3-18(23)5-4-6-19(24)22-11-8-17(9-12-22)7-10-21-15-13-20(2)14-16-21/h17H,3-16H2,1-2H3.